The van der Waals surface area contributed by atoms with Crippen LogP contribution in [-0.4, -0.2) is 53.8 Å². The van der Waals surface area contributed by atoms with Crippen LogP contribution in [0.5, 0.6) is 0 Å². The molecule has 1 atom stereocenters. The van der Waals surface area contributed by atoms with E-state index < -0.39 is 0 Å². The smallest absolute Gasteiger partial charge is 0.196 e. The van der Waals surface area contributed by atoms with Gasteiger partial charge in [0.2, 0.25) is 0 Å². The normalized spacial score (nSPS) is 20.8. The van der Waals surface area contributed by atoms with Crippen molar-refractivity contribution in [1.82, 2.24) is 14.3 Å². The van der Waals surface area contributed by atoms with Crippen LogP contribution in [0.3, 0.4) is 0 Å². The number of carbonyl (C=O) groups excluding carboxylic acids is 1. The van der Waals surface area contributed by atoms with Crippen LogP contribution < -0.4 is 4.90 Å². The number of aromatic nitrogens is 2. The number of rotatable bonds is 3. The lowest BCUT2D eigenvalue weighted by molar-refractivity contribution is 0.111. The van der Waals surface area contributed by atoms with Gasteiger partial charge in [0.15, 0.2) is 17.1 Å². The Labute approximate surface area is 116 Å². The molecule has 3 heterocycles. The molecule has 0 aromatic carbocycles. The minimum atomic E-state index is 0.432. The van der Waals surface area contributed by atoms with Crippen LogP contribution >= 0.6 is 11.3 Å². The number of nitrogens with zero attached hydrogens (tertiary/aromatic N) is 4. The summed E-state index contributed by atoms with van der Waals surface area (Å²) in [7, 11) is 4.19. The Balaban J connectivity index is 1.94. The van der Waals surface area contributed by atoms with Crippen LogP contribution in [0.15, 0.2) is 11.6 Å². The minimum Gasteiger partial charge on any atom is -0.353 e. The van der Waals surface area contributed by atoms with Gasteiger partial charge < -0.3 is 9.80 Å². The first kappa shape index (κ1) is 12.6. The molecule has 1 unspecified atom stereocenters. The van der Waals surface area contributed by atoms with Gasteiger partial charge in [-0.3, -0.25) is 9.20 Å². The van der Waals surface area contributed by atoms with Gasteiger partial charge in [0, 0.05) is 31.2 Å². The van der Waals surface area contributed by atoms with E-state index in [1.54, 1.807) is 11.3 Å². The molecule has 2 aromatic heterocycles. The molecule has 19 heavy (non-hydrogen) atoms. The van der Waals surface area contributed by atoms with Gasteiger partial charge in [-0.1, -0.05) is 0 Å². The van der Waals surface area contributed by atoms with E-state index in [0.29, 0.717) is 11.7 Å². The quantitative estimate of drug-likeness (QED) is 0.802. The van der Waals surface area contributed by atoms with Crippen molar-refractivity contribution in [2.45, 2.75) is 18.9 Å². The molecule has 102 valence electrons. The standard InChI is InChI=1S/C13H18N4OS/c1-15-5-3-4-10(8-15)16(2)12-11(9-18)17-6-7-19-13(17)14-12/h6-7,9-10H,3-5,8H2,1-2H3. The van der Waals surface area contributed by atoms with E-state index in [4.69, 9.17) is 0 Å². The zero-order chi connectivity index (χ0) is 13.4. The van der Waals surface area contributed by atoms with E-state index in [1.165, 1.54) is 6.42 Å². The van der Waals surface area contributed by atoms with Crippen molar-refractivity contribution in [3.8, 4) is 0 Å². The molecule has 6 heteroatoms. The van der Waals surface area contributed by atoms with Gasteiger partial charge in [-0.2, -0.15) is 0 Å². The zero-order valence-electron chi connectivity index (χ0n) is 11.2. The van der Waals surface area contributed by atoms with E-state index in [2.05, 4.69) is 21.8 Å². The number of hydrogen-bond donors (Lipinski definition) is 0. The fraction of sp³-hybridized carbons (Fsp3) is 0.538. The van der Waals surface area contributed by atoms with E-state index in [0.717, 1.165) is 36.6 Å². The van der Waals surface area contributed by atoms with Gasteiger partial charge in [-0.05, 0) is 26.4 Å². The van der Waals surface area contributed by atoms with Crippen LogP contribution in [0, 0.1) is 0 Å². The number of hydrogen-bond acceptors (Lipinski definition) is 5. The van der Waals surface area contributed by atoms with Crippen LogP contribution in [0.2, 0.25) is 0 Å². The fourth-order valence-corrected chi connectivity index (χ4v) is 3.51. The monoisotopic (exact) mass is 278 g/mol. The molecule has 1 aliphatic rings. The Kier molecular flexibility index (Phi) is 3.28. The van der Waals surface area contributed by atoms with E-state index in [-0.39, 0.29) is 0 Å². The summed E-state index contributed by atoms with van der Waals surface area (Å²) in [4.78, 5) is 21.3. The van der Waals surface area contributed by atoms with Gasteiger partial charge in [0.1, 0.15) is 5.69 Å². The highest BCUT2D eigenvalue weighted by Gasteiger charge is 2.25. The molecular weight excluding hydrogens is 260 g/mol. The third-order valence-corrected chi connectivity index (χ3v) is 4.63. The maximum atomic E-state index is 11.4. The number of anilines is 1. The molecule has 3 rings (SSSR count). The molecule has 0 spiro atoms. The van der Waals surface area contributed by atoms with Gasteiger partial charge in [0.05, 0.1) is 0 Å². The van der Waals surface area contributed by atoms with Crippen molar-refractivity contribution in [2.75, 3.05) is 32.1 Å². The van der Waals surface area contributed by atoms with Crippen molar-refractivity contribution < 1.29 is 4.79 Å². The molecule has 5 nitrogen and oxygen atoms in total. The Morgan fingerprint density at radius 3 is 3.16 bits per heavy atom. The Bertz CT molecular complexity index is 590. The third-order valence-electron chi connectivity index (χ3n) is 3.87. The zero-order valence-corrected chi connectivity index (χ0v) is 12.1. The summed E-state index contributed by atoms with van der Waals surface area (Å²) >= 11 is 1.56. The second kappa shape index (κ2) is 4.94. The first-order chi connectivity index (χ1) is 9.20. The highest BCUT2D eigenvalue weighted by molar-refractivity contribution is 7.15. The SMILES string of the molecule is CN1CCCC(N(C)c2nc3sccn3c2C=O)C1. The minimum absolute atomic E-state index is 0.432. The van der Waals surface area contributed by atoms with E-state index >= 15 is 0 Å². The summed E-state index contributed by atoms with van der Waals surface area (Å²) in [6.07, 6.45) is 5.17. The molecule has 0 aliphatic carbocycles. The maximum absolute atomic E-state index is 11.4. The number of thiazole rings is 1. The Hall–Kier alpha value is -1.40. The average molecular weight is 278 g/mol. The predicted octanol–water partition coefficient (Wildman–Crippen LogP) is 1.74. The third kappa shape index (κ3) is 2.15. The van der Waals surface area contributed by atoms with Crippen molar-refractivity contribution in [2.24, 2.45) is 0 Å². The topological polar surface area (TPSA) is 40.9 Å². The highest BCUT2D eigenvalue weighted by atomic mass is 32.1. The van der Waals surface area contributed by atoms with Gasteiger partial charge in [-0.25, -0.2) is 4.98 Å². The highest BCUT2D eigenvalue weighted by Crippen LogP contribution is 2.26. The number of fused-ring (bicyclic) bond motifs is 1. The summed E-state index contributed by atoms with van der Waals surface area (Å²) in [6, 6.07) is 0.432. The molecule has 0 bridgehead atoms. The molecule has 0 amide bonds. The second-order valence-corrected chi connectivity index (χ2v) is 6.04. The lowest BCUT2D eigenvalue weighted by atomic mass is 10.1. The summed E-state index contributed by atoms with van der Waals surface area (Å²) in [5.41, 5.74) is 0.659. The summed E-state index contributed by atoms with van der Waals surface area (Å²) in [5.74, 6) is 0.808. The number of imidazole rings is 1. The average Bonchev–Trinajstić information content (AvgIpc) is 2.97. The van der Waals surface area contributed by atoms with Crippen LogP contribution in [0.25, 0.3) is 4.96 Å². The van der Waals surface area contributed by atoms with E-state index in [1.807, 2.05) is 23.0 Å². The fourth-order valence-electron chi connectivity index (χ4n) is 2.79. The lowest BCUT2D eigenvalue weighted by Gasteiger charge is -2.36. The molecule has 0 N–H and O–H groups in total. The van der Waals surface area contributed by atoms with Crippen LogP contribution in [0.4, 0.5) is 5.82 Å². The summed E-state index contributed by atoms with van der Waals surface area (Å²) in [6.45, 7) is 2.18. The van der Waals surface area contributed by atoms with Gasteiger partial charge >= 0.3 is 0 Å². The van der Waals surface area contributed by atoms with Crippen molar-refractivity contribution in [3.63, 3.8) is 0 Å². The van der Waals surface area contributed by atoms with Crippen molar-refractivity contribution >= 4 is 28.4 Å². The largest absolute Gasteiger partial charge is 0.353 e. The van der Waals surface area contributed by atoms with Crippen molar-refractivity contribution in [1.29, 1.82) is 0 Å². The van der Waals surface area contributed by atoms with E-state index in [9.17, 15) is 4.79 Å². The van der Waals surface area contributed by atoms with Gasteiger partial charge in [-0.15, -0.1) is 11.3 Å². The number of piperidine rings is 1. The first-order valence-electron chi connectivity index (χ1n) is 6.53. The van der Waals surface area contributed by atoms with Gasteiger partial charge in [0.25, 0.3) is 0 Å². The number of aldehydes is 1. The molecule has 1 fully saturated rings. The molecule has 0 radical (unpaired) electrons. The molecular formula is C13H18N4OS. The first-order valence-corrected chi connectivity index (χ1v) is 7.41. The summed E-state index contributed by atoms with van der Waals surface area (Å²) < 4.78 is 1.87. The predicted molar refractivity (Wildman–Crippen MR) is 77.4 cm³/mol. The Morgan fingerprint density at radius 1 is 1.58 bits per heavy atom. The Morgan fingerprint density at radius 2 is 2.42 bits per heavy atom. The molecule has 0 saturated carbocycles. The number of likely N-dealkylation sites (tertiary alicyclic amines) is 1. The number of likely N-dealkylation sites (N-methyl/N-ethyl adjacent to an activating group) is 2. The maximum Gasteiger partial charge on any atom is 0.196 e. The van der Waals surface area contributed by atoms with Crippen LogP contribution in [-0.2, 0) is 0 Å². The molecule has 1 aliphatic heterocycles. The molecule has 1 saturated heterocycles. The second-order valence-electron chi connectivity index (χ2n) is 5.16. The molecule has 2 aromatic rings. The summed E-state index contributed by atoms with van der Waals surface area (Å²) in [5, 5.41) is 1.95. The number of carbonyl (C=O) groups is 1. The lowest BCUT2D eigenvalue weighted by Crippen LogP contribution is -2.45. The van der Waals surface area contributed by atoms with Crippen molar-refractivity contribution in [3.05, 3.63) is 17.3 Å². The van der Waals surface area contributed by atoms with Crippen LogP contribution in [0.1, 0.15) is 23.3 Å².